The first-order chi connectivity index (χ1) is 9.48. The molecule has 4 heteroatoms. The summed E-state index contributed by atoms with van der Waals surface area (Å²) in [5.74, 6) is 1.37. The van der Waals surface area contributed by atoms with Crippen LogP contribution in [-0.2, 0) is 5.60 Å². The summed E-state index contributed by atoms with van der Waals surface area (Å²) in [7, 11) is 3.12. The van der Waals surface area contributed by atoms with Crippen molar-refractivity contribution in [1.29, 1.82) is 0 Å². The van der Waals surface area contributed by atoms with Crippen LogP contribution in [0.25, 0.3) is 0 Å². The minimum atomic E-state index is -1.26. The van der Waals surface area contributed by atoms with Gasteiger partial charge in [-0.15, -0.1) is 0 Å². The Balaban J connectivity index is 2.54. The maximum Gasteiger partial charge on any atom is 0.125 e. The fourth-order valence-electron chi connectivity index (χ4n) is 2.14. The quantitative estimate of drug-likeness (QED) is 0.900. The minimum Gasteiger partial charge on any atom is -0.508 e. The Bertz CT molecular complexity index is 588. The molecule has 0 aliphatic rings. The van der Waals surface area contributed by atoms with E-state index < -0.39 is 5.60 Å². The maximum absolute atomic E-state index is 10.9. The van der Waals surface area contributed by atoms with E-state index in [1.807, 2.05) is 0 Å². The standard InChI is InChI=1S/C16H18O4/c1-16(18,11-4-6-12(17)7-5-11)14-10-13(19-2)8-9-15(14)20-3/h4-10,17-18H,1-3H3. The lowest BCUT2D eigenvalue weighted by atomic mass is 9.87. The van der Waals surface area contributed by atoms with Crippen molar-refractivity contribution in [2.45, 2.75) is 12.5 Å². The molecule has 0 aromatic heterocycles. The van der Waals surface area contributed by atoms with E-state index in [2.05, 4.69) is 0 Å². The third-order valence-electron chi connectivity index (χ3n) is 3.36. The summed E-state index contributed by atoms with van der Waals surface area (Å²) in [6.07, 6.45) is 0. The Labute approximate surface area is 118 Å². The number of ether oxygens (including phenoxy) is 2. The Morgan fingerprint density at radius 3 is 2.15 bits per heavy atom. The fourth-order valence-corrected chi connectivity index (χ4v) is 2.14. The van der Waals surface area contributed by atoms with Crippen LogP contribution in [0, 0.1) is 0 Å². The first-order valence-corrected chi connectivity index (χ1v) is 6.23. The molecular formula is C16H18O4. The zero-order valence-electron chi connectivity index (χ0n) is 11.8. The van der Waals surface area contributed by atoms with Gasteiger partial charge in [0.05, 0.1) is 14.2 Å². The van der Waals surface area contributed by atoms with Crippen LogP contribution in [0.4, 0.5) is 0 Å². The van der Waals surface area contributed by atoms with Crippen molar-refractivity contribution < 1.29 is 19.7 Å². The predicted molar refractivity (Wildman–Crippen MR) is 76.3 cm³/mol. The molecule has 0 bridgehead atoms. The second-order valence-electron chi connectivity index (χ2n) is 4.69. The molecule has 4 nitrogen and oxygen atoms in total. The highest BCUT2D eigenvalue weighted by molar-refractivity contribution is 5.48. The number of aromatic hydroxyl groups is 1. The zero-order valence-corrected chi connectivity index (χ0v) is 11.8. The van der Waals surface area contributed by atoms with Crippen molar-refractivity contribution in [3.05, 3.63) is 53.6 Å². The van der Waals surface area contributed by atoms with E-state index in [-0.39, 0.29) is 5.75 Å². The van der Waals surface area contributed by atoms with Crippen LogP contribution in [0.2, 0.25) is 0 Å². The average molecular weight is 274 g/mol. The van der Waals surface area contributed by atoms with Crippen LogP contribution in [-0.4, -0.2) is 24.4 Å². The van der Waals surface area contributed by atoms with Crippen molar-refractivity contribution >= 4 is 0 Å². The monoisotopic (exact) mass is 274 g/mol. The molecule has 0 amide bonds. The van der Waals surface area contributed by atoms with Gasteiger partial charge in [-0.05, 0) is 42.8 Å². The summed E-state index contributed by atoms with van der Waals surface area (Å²) in [6, 6.07) is 11.7. The topological polar surface area (TPSA) is 58.9 Å². The van der Waals surface area contributed by atoms with Crippen LogP contribution in [0.5, 0.6) is 17.2 Å². The van der Waals surface area contributed by atoms with Crippen molar-refractivity contribution in [3.8, 4) is 17.2 Å². The number of methoxy groups -OCH3 is 2. The van der Waals surface area contributed by atoms with Crippen LogP contribution in [0.15, 0.2) is 42.5 Å². The third kappa shape index (κ3) is 2.56. The zero-order chi connectivity index (χ0) is 14.8. The van der Waals surface area contributed by atoms with Gasteiger partial charge in [-0.1, -0.05) is 12.1 Å². The van der Waals surface area contributed by atoms with E-state index >= 15 is 0 Å². The number of rotatable bonds is 4. The molecule has 106 valence electrons. The Morgan fingerprint density at radius 1 is 0.950 bits per heavy atom. The molecule has 0 aliphatic carbocycles. The summed E-state index contributed by atoms with van der Waals surface area (Å²) in [6.45, 7) is 1.68. The molecule has 0 saturated carbocycles. The minimum absolute atomic E-state index is 0.155. The molecule has 2 rings (SSSR count). The van der Waals surface area contributed by atoms with Gasteiger partial charge in [0.25, 0.3) is 0 Å². The number of phenols is 1. The summed E-state index contributed by atoms with van der Waals surface area (Å²) in [5, 5.41) is 20.2. The third-order valence-corrected chi connectivity index (χ3v) is 3.36. The number of hydrogen-bond acceptors (Lipinski definition) is 4. The number of aliphatic hydroxyl groups is 1. The van der Waals surface area contributed by atoms with Gasteiger partial charge < -0.3 is 19.7 Å². The molecule has 0 saturated heterocycles. The molecule has 2 aromatic carbocycles. The van der Waals surface area contributed by atoms with Gasteiger partial charge in [0, 0.05) is 5.56 Å². The molecule has 0 aliphatic heterocycles. The number of hydrogen-bond donors (Lipinski definition) is 2. The van der Waals surface area contributed by atoms with Gasteiger partial charge in [0.2, 0.25) is 0 Å². The highest BCUT2D eigenvalue weighted by Gasteiger charge is 2.29. The lowest BCUT2D eigenvalue weighted by Crippen LogP contribution is -2.23. The molecule has 1 atom stereocenters. The van der Waals surface area contributed by atoms with E-state index in [1.54, 1.807) is 51.5 Å². The summed E-state index contributed by atoms with van der Waals surface area (Å²) in [5.41, 5.74) is 0.0000165. The molecule has 0 radical (unpaired) electrons. The number of benzene rings is 2. The van der Waals surface area contributed by atoms with Gasteiger partial charge >= 0.3 is 0 Å². The summed E-state index contributed by atoms with van der Waals surface area (Å²) >= 11 is 0. The van der Waals surface area contributed by atoms with Gasteiger partial charge in [-0.25, -0.2) is 0 Å². The maximum atomic E-state index is 10.9. The molecule has 0 fully saturated rings. The highest BCUT2D eigenvalue weighted by Crippen LogP contribution is 2.37. The lowest BCUT2D eigenvalue weighted by Gasteiger charge is -2.26. The van der Waals surface area contributed by atoms with E-state index in [0.29, 0.717) is 22.6 Å². The van der Waals surface area contributed by atoms with Crippen LogP contribution in [0.1, 0.15) is 18.1 Å². The van der Waals surface area contributed by atoms with E-state index in [0.717, 1.165) is 0 Å². The Morgan fingerprint density at radius 2 is 1.60 bits per heavy atom. The van der Waals surface area contributed by atoms with Crippen molar-refractivity contribution in [1.82, 2.24) is 0 Å². The Hall–Kier alpha value is -2.20. The summed E-state index contributed by atoms with van der Waals surface area (Å²) < 4.78 is 10.5. The fraction of sp³-hybridized carbons (Fsp3) is 0.250. The Kier molecular flexibility index (Phi) is 3.86. The lowest BCUT2D eigenvalue weighted by molar-refractivity contribution is 0.0986. The average Bonchev–Trinajstić information content (AvgIpc) is 2.47. The van der Waals surface area contributed by atoms with Gasteiger partial charge in [0.15, 0.2) is 0 Å². The van der Waals surface area contributed by atoms with Gasteiger partial charge in [-0.3, -0.25) is 0 Å². The van der Waals surface area contributed by atoms with E-state index in [1.165, 1.54) is 12.1 Å². The number of phenolic OH excluding ortho intramolecular Hbond substituents is 1. The predicted octanol–water partition coefficient (Wildman–Crippen LogP) is 2.67. The van der Waals surface area contributed by atoms with E-state index in [9.17, 15) is 10.2 Å². The van der Waals surface area contributed by atoms with Gasteiger partial charge in [0.1, 0.15) is 22.8 Å². The SMILES string of the molecule is COc1ccc(OC)c(C(C)(O)c2ccc(O)cc2)c1. The molecule has 0 spiro atoms. The van der Waals surface area contributed by atoms with Crippen LogP contribution >= 0.6 is 0 Å². The first-order valence-electron chi connectivity index (χ1n) is 6.23. The normalized spacial score (nSPS) is 13.6. The molecule has 1 unspecified atom stereocenters. The second-order valence-corrected chi connectivity index (χ2v) is 4.69. The largest absolute Gasteiger partial charge is 0.508 e. The smallest absolute Gasteiger partial charge is 0.125 e. The first kappa shape index (κ1) is 14.2. The molecule has 0 heterocycles. The van der Waals surface area contributed by atoms with Crippen molar-refractivity contribution in [2.24, 2.45) is 0 Å². The molecule has 2 N–H and O–H groups in total. The van der Waals surface area contributed by atoms with E-state index in [4.69, 9.17) is 9.47 Å². The van der Waals surface area contributed by atoms with Gasteiger partial charge in [-0.2, -0.15) is 0 Å². The van der Waals surface area contributed by atoms with Crippen LogP contribution < -0.4 is 9.47 Å². The van der Waals surface area contributed by atoms with Crippen molar-refractivity contribution in [3.63, 3.8) is 0 Å². The molecule has 2 aromatic rings. The highest BCUT2D eigenvalue weighted by atomic mass is 16.5. The molecular weight excluding hydrogens is 256 g/mol. The molecule has 20 heavy (non-hydrogen) atoms. The summed E-state index contributed by atoms with van der Waals surface area (Å²) in [4.78, 5) is 0. The van der Waals surface area contributed by atoms with Crippen molar-refractivity contribution in [2.75, 3.05) is 14.2 Å². The second kappa shape index (κ2) is 5.43. The van der Waals surface area contributed by atoms with Crippen LogP contribution in [0.3, 0.4) is 0 Å².